The van der Waals surface area contributed by atoms with Crippen LogP contribution >= 0.6 is 0 Å². The minimum atomic E-state index is -3.34. The molecule has 8 heteroatoms. The van der Waals surface area contributed by atoms with Gasteiger partial charge in [0.05, 0.1) is 18.2 Å². The number of hydrogen-bond acceptors (Lipinski definition) is 4. The van der Waals surface area contributed by atoms with Gasteiger partial charge in [-0.25, -0.2) is 12.7 Å². The number of carbonyl (C=O) groups excluding carboxylic acids is 2. The molecule has 0 aliphatic carbocycles. The van der Waals surface area contributed by atoms with Gasteiger partial charge in [-0.1, -0.05) is 42.5 Å². The fourth-order valence-electron chi connectivity index (χ4n) is 4.13. The summed E-state index contributed by atoms with van der Waals surface area (Å²) in [5.74, 6) is -0.599. The van der Waals surface area contributed by atoms with Gasteiger partial charge in [0.15, 0.2) is 0 Å². The fraction of sp³-hybridized carbons (Fsp3) is 0.417. The highest BCUT2D eigenvalue weighted by Crippen LogP contribution is 2.29. The second-order valence-electron chi connectivity index (χ2n) is 8.39. The van der Waals surface area contributed by atoms with Gasteiger partial charge in [-0.3, -0.25) is 9.59 Å². The fourth-order valence-corrected chi connectivity index (χ4v) is 5.04. The molecule has 1 N–H and O–H groups in total. The molecule has 0 aromatic heterocycles. The van der Waals surface area contributed by atoms with Crippen LogP contribution in [0.4, 0.5) is 5.69 Å². The Morgan fingerprint density at radius 3 is 2.53 bits per heavy atom. The van der Waals surface area contributed by atoms with Crippen LogP contribution < -0.4 is 5.32 Å². The summed E-state index contributed by atoms with van der Waals surface area (Å²) in [6, 6.07) is 17.0. The third-order valence-corrected chi connectivity index (χ3v) is 7.11. The molecule has 1 aliphatic rings. The lowest BCUT2D eigenvalue weighted by atomic mass is 9.95. The Bertz CT molecular complexity index is 1060. The summed E-state index contributed by atoms with van der Waals surface area (Å²) in [4.78, 5) is 27.0. The molecule has 2 amide bonds. The summed E-state index contributed by atoms with van der Waals surface area (Å²) < 4.78 is 25.5. The van der Waals surface area contributed by atoms with E-state index in [1.165, 1.54) is 17.5 Å². The predicted molar refractivity (Wildman–Crippen MR) is 125 cm³/mol. The number of sulfonamides is 1. The summed E-state index contributed by atoms with van der Waals surface area (Å²) in [5.41, 5.74) is 2.58. The molecule has 3 rings (SSSR count). The zero-order valence-corrected chi connectivity index (χ0v) is 19.6. The second kappa shape index (κ2) is 10.3. The Morgan fingerprint density at radius 1 is 1.16 bits per heavy atom. The quantitative estimate of drug-likeness (QED) is 0.690. The molecule has 0 saturated carbocycles. The first kappa shape index (κ1) is 23.9. The summed E-state index contributed by atoms with van der Waals surface area (Å²) >= 11 is 0. The summed E-state index contributed by atoms with van der Waals surface area (Å²) in [6.07, 6.45) is 2.52. The van der Waals surface area contributed by atoms with Gasteiger partial charge >= 0.3 is 0 Å². The number of hydrogen-bond donors (Lipinski definition) is 1. The molecule has 0 bridgehead atoms. The van der Waals surface area contributed by atoms with Crippen molar-refractivity contribution in [3.8, 4) is 0 Å². The van der Waals surface area contributed by atoms with Crippen molar-refractivity contribution < 1.29 is 18.0 Å². The van der Waals surface area contributed by atoms with E-state index < -0.39 is 10.0 Å². The van der Waals surface area contributed by atoms with Gasteiger partial charge in [0, 0.05) is 32.2 Å². The molecular weight excluding hydrogens is 426 g/mol. The highest BCUT2D eigenvalue weighted by Gasteiger charge is 2.34. The Balaban J connectivity index is 1.89. The van der Waals surface area contributed by atoms with Gasteiger partial charge in [0.25, 0.3) is 0 Å². The predicted octanol–water partition coefficient (Wildman–Crippen LogP) is 3.41. The first-order chi connectivity index (χ1) is 15.1. The van der Waals surface area contributed by atoms with Gasteiger partial charge in [0.1, 0.15) is 0 Å². The largest absolute Gasteiger partial charge is 0.331 e. The number of amides is 2. The molecule has 1 saturated heterocycles. The summed E-state index contributed by atoms with van der Waals surface area (Å²) in [6.45, 7) is 4.50. The van der Waals surface area contributed by atoms with E-state index in [1.54, 1.807) is 0 Å². The van der Waals surface area contributed by atoms with Crippen LogP contribution in [0.15, 0.2) is 54.6 Å². The third-order valence-electron chi connectivity index (χ3n) is 5.84. The zero-order chi connectivity index (χ0) is 23.3. The van der Waals surface area contributed by atoms with Crippen molar-refractivity contribution in [3.05, 3.63) is 65.7 Å². The minimum absolute atomic E-state index is 0.0559. The van der Waals surface area contributed by atoms with Crippen LogP contribution in [0.3, 0.4) is 0 Å². The van der Waals surface area contributed by atoms with Crippen molar-refractivity contribution in [1.29, 1.82) is 0 Å². The minimum Gasteiger partial charge on any atom is -0.331 e. The SMILES string of the molecule is CC(=O)Nc1cccc(C(C)N(Cc2ccccc2)C(=O)C2CCCN(S(C)(=O)=O)C2)c1. The lowest BCUT2D eigenvalue weighted by Gasteiger charge is -2.36. The zero-order valence-electron chi connectivity index (χ0n) is 18.8. The van der Waals surface area contributed by atoms with Crippen molar-refractivity contribution in [2.24, 2.45) is 5.92 Å². The van der Waals surface area contributed by atoms with E-state index in [-0.39, 0.29) is 30.3 Å². The van der Waals surface area contributed by atoms with E-state index in [2.05, 4.69) is 5.32 Å². The molecule has 2 aromatic rings. The Hall–Kier alpha value is -2.71. The van der Waals surface area contributed by atoms with Crippen LogP contribution in [0.1, 0.15) is 43.9 Å². The van der Waals surface area contributed by atoms with Crippen molar-refractivity contribution in [2.75, 3.05) is 24.7 Å². The first-order valence-corrected chi connectivity index (χ1v) is 12.7. The Morgan fingerprint density at radius 2 is 1.88 bits per heavy atom. The lowest BCUT2D eigenvalue weighted by Crippen LogP contribution is -2.46. The van der Waals surface area contributed by atoms with Gasteiger partial charge in [0.2, 0.25) is 21.8 Å². The van der Waals surface area contributed by atoms with Crippen LogP contribution in [0.5, 0.6) is 0 Å². The van der Waals surface area contributed by atoms with E-state index in [9.17, 15) is 18.0 Å². The molecular formula is C24H31N3O4S. The number of benzene rings is 2. The van der Waals surface area contributed by atoms with E-state index in [4.69, 9.17) is 0 Å². The van der Waals surface area contributed by atoms with E-state index in [0.717, 1.165) is 11.1 Å². The van der Waals surface area contributed by atoms with Crippen molar-refractivity contribution >= 4 is 27.5 Å². The van der Waals surface area contributed by atoms with Gasteiger partial charge in [-0.2, -0.15) is 0 Å². The maximum atomic E-state index is 13.7. The van der Waals surface area contributed by atoms with Crippen LogP contribution in [0.2, 0.25) is 0 Å². The highest BCUT2D eigenvalue weighted by atomic mass is 32.2. The number of piperidine rings is 1. The second-order valence-corrected chi connectivity index (χ2v) is 10.4. The van der Waals surface area contributed by atoms with Gasteiger partial charge in [-0.15, -0.1) is 0 Å². The molecule has 1 fully saturated rings. The Labute approximate surface area is 190 Å². The van der Waals surface area contributed by atoms with Crippen molar-refractivity contribution in [1.82, 2.24) is 9.21 Å². The smallest absolute Gasteiger partial charge is 0.227 e. The van der Waals surface area contributed by atoms with Gasteiger partial charge < -0.3 is 10.2 Å². The van der Waals surface area contributed by atoms with Crippen LogP contribution in [0, 0.1) is 5.92 Å². The molecule has 172 valence electrons. The maximum absolute atomic E-state index is 13.7. The van der Waals surface area contributed by atoms with Gasteiger partial charge in [-0.05, 0) is 43.0 Å². The number of rotatable bonds is 7. The highest BCUT2D eigenvalue weighted by molar-refractivity contribution is 7.88. The average molecular weight is 458 g/mol. The summed E-state index contributed by atoms with van der Waals surface area (Å²) in [5, 5.41) is 2.79. The van der Waals surface area contributed by atoms with E-state index in [0.29, 0.717) is 31.6 Å². The van der Waals surface area contributed by atoms with Crippen LogP contribution in [0.25, 0.3) is 0 Å². The monoisotopic (exact) mass is 457 g/mol. The summed E-state index contributed by atoms with van der Waals surface area (Å²) in [7, 11) is -3.34. The Kier molecular flexibility index (Phi) is 7.69. The standard InChI is InChI=1S/C24H31N3O4S/c1-18(21-11-7-13-23(15-21)25-19(2)28)27(16-20-9-5-4-6-10-20)24(29)22-12-8-14-26(17-22)32(3,30)31/h4-7,9-11,13,15,18,22H,8,12,14,16-17H2,1-3H3,(H,25,28). The molecule has 7 nitrogen and oxygen atoms in total. The first-order valence-electron chi connectivity index (χ1n) is 10.8. The van der Waals surface area contributed by atoms with Crippen LogP contribution in [-0.4, -0.2) is 48.8 Å². The number of anilines is 1. The van der Waals surface area contributed by atoms with E-state index in [1.807, 2.05) is 66.4 Å². The van der Waals surface area contributed by atoms with Crippen LogP contribution in [-0.2, 0) is 26.2 Å². The maximum Gasteiger partial charge on any atom is 0.227 e. The molecule has 2 unspecified atom stereocenters. The van der Waals surface area contributed by atoms with E-state index >= 15 is 0 Å². The molecule has 1 heterocycles. The third kappa shape index (κ3) is 6.17. The average Bonchev–Trinajstić information content (AvgIpc) is 2.76. The normalized spacial score (nSPS) is 18.0. The molecule has 2 aromatic carbocycles. The van der Waals surface area contributed by atoms with Crippen molar-refractivity contribution in [2.45, 2.75) is 39.3 Å². The van der Waals surface area contributed by atoms with Crippen molar-refractivity contribution in [3.63, 3.8) is 0 Å². The topological polar surface area (TPSA) is 86.8 Å². The molecule has 0 radical (unpaired) electrons. The molecule has 32 heavy (non-hydrogen) atoms. The number of nitrogens with one attached hydrogen (secondary N) is 1. The number of carbonyl (C=O) groups is 2. The molecule has 2 atom stereocenters. The lowest BCUT2D eigenvalue weighted by molar-refractivity contribution is -0.139. The molecule has 0 spiro atoms. The number of nitrogens with zero attached hydrogens (tertiary/aromatic N) is 2. The molecule has 1 aliphatic heterocycles.